The number of primary amides is 1. The molecule has 1 saturated carbocycles. The fourth-order valence-corrected chi connectivity index (χ4v) is 5.46. The lowest BCUT2D eigenvalue weighted by atomic mass is 9.83. The molecular formula is C33H32F3N3O2. The van der Waals surface area contributed by atoms with Crippen molar-refractivity contribution < 1.29 is 22.8 Å². The van der Waals surface area contributed by atoms with Crippen LogP contribution < -0.4 is 11.1 Å². The van der Waals surface area contributed by atoms with E-state index in [0.29, 0.717) is 16.8 Å². The molecule has 41 heavy (non-hydrogen) atoms. The van der Waals surface area contributed by atoms with Crippen molar-refractivity contribution in [3.8, 4) is 0 Å². The highest BCUT2D eigenvalue weighted by molar-refractivity contribution is 5.96. The van der Waals surface area contributed by atoms with Gasteiger partial charge in [0.2, 0.25) is 5.91 Å². The van der Waals surface area contributed by atoms with Gasteiger partial charge in [0, 0.05) is 12.3 Å². The number of carbonyl (C=O) groups is 2. The predicted molar refractivity (Wildman–Crippen MR) is 153 cm³/mol. The first-order valence-electron chi connectivity index (χ1n) is 13.5. The molecule has 1 fully saturated rings. The lowest BCUT2D eigenvalue weighted by Crippen LogP contribution is -2.37. The maximum Gasteiger partial charge on any atom is 0.251 e. The van der Waals surface area contributed by atoms with Gasteiger partial charge in [0.05, 0.1) is 23.2 Å². The van der Waals surface area contributed by atoms with Crippen molar-refractivity contribution >= 4 is 17.9 Å². The number of halogens is 3. The van der Waals surface area contributed by atoms with E-state index in [-0.39, 0.29) is 23.8 Å². The number of hydrogen-bond acceptors (Lipinski definition) is 3. The molecule has 1 heterocycles. The van der Waals surface area contributed by atoms with Crippen LogP contribution in [0.3, 0.4) is 0 Å². The number of benzene rings is 2. The average molecular weight is 560 g/mol. The summed E-state index contributed by atoms with van der Waals surface area (Å²) in [7, 11) is 0. The van der Waals surface area contributed by atoms with Gasteiger partial charge in [-0.05, 0) is 72.2 Å². The summed E-state index contributed by atoms with van der Waals surface area (Å²) in [5.41, 5.74) is 7.01. The van der Waals surface area contributed by atoms with Crippen LogP contribution >= 0.6 is 0 Å². The fraction of sp³-hybridized carbons (Fsp3) is 0.242. The van der Waals surface area contributed by atoms with E-state index in [2.05, 4.69) is 16.9 Å². The second-order valence-electron chi connectivity index (χ2n) is 10.1. The van der Waals surface area contributed by atoms with Gasteiger partial charge in [-0.25, -0.2) is 13.2 Å². The van der Waals surface area contributed by atoms with Crippen LogP contribution in [-0.4, -0.2) is 16.8 Å². The van der Waals surface area contributed by atoms with Crippen LogP contribution in [-0.2, 0) is 16.0 Å². The summed E-state index contributed by atoms with van der Waals surface area (Å²) < 4.78 is 42.5. The van der Waals surface area contributed by atoms with Crippen molar-refractivity contribution in [2.75, 3.05) is 0 Å². The monoisotopic (exact) mass is 559 g/mol. The molecule has 0 radical (unpaired) electrons. The van der Waals surface area contributed by atoms with E-state index < -0.39 is 35.3 Å². The molecule has 1 aliphatic rings. The number of carbonyl (C=O) groups excluding carboxylic acids is 2. The van der Waals surface area contributed by atoms with Crippen LogP contribution in [0, 0.1) is 17.6 Å². The third-order valence-electron chi connectivity index (χ3n) is 7.32. The average Bonchev–Trinajstić information content (AvgIpc) is 3.47. The van der Waals surface area contributed by atoms with Crippen molar-refractivity contribution in [2.24, 2.45) is 11.7 Å². The van der Waals surface area contributed by atoms with Crippen molar-refractivity contribution in [1.29, 1.82) is 0 Å². The third kappa shape index (κ3) is 7.60. The first kappa shape index (κ1) is 29.5. The van der Waals surface area contributed by atoms with Gasteiger partial charge in [0.1, 0.15) is 17.5 Å². The van der Waals surface area contributed by atoms with E-state index in [9.17, 15) is 22.8 Å². The smallest absolute Gasteiger partial charge is 0.251 e. The molecule has 212 valence electrons. The molecule has 0 aliphatic heterocycles. The van der Waals surface area contributed by atoms with Crippen LogP contribution in [0.5, 0.6) is 0 Å². The third-order valence-corrected chi connectivity index (χ3v) is 7.32. The summed E-state index contributed by atoms with van der Waals surface area (Å²) in [5, 5.41) is 3.11. The summed E-state index contributed by atoms with van der Waals surface area (Å²) in [6.45, 7) is 3.34. The molecule has 1 aliphatic carbocycles. The molecule has 1 aromatic heterocycles. The van der Waals surface area contributed by atoms with Gasteiger partial charge in [-0.1, -0.05) is 61.9 Å². The number of hydrogen-bond donors (Lipinski definition) is 2. The first-order chi connectivity index (χ1) is 19.8. The Kier molecular flexibility index (Phi) is 9.90. The molecule has 2 atom stereocenters. The van der Waals surface area contributed by atoms with Gasteiger partial charge >= 0.3 is 0 Å². The topological polar surface area (TPSA) is 85.1 Å². The van der Waals surface area contributed by atoms with Gasteiger partial charge in [-0.15, -0.1) is 0 Å². The standard InChI is InChI=1S/C33H32F3N3O2/c1-2-28(36)27(32(37)40)15-14-24-13-8-16-38-31(24)29(19-21-17-25(34)20-26(35)18-21)39-33(41)30(23-11-6-7-12-23)22-9-4-3-5-10-22/h2-5,8-10,13-18,20,23,29-30H,1,6-7,11-12,19H2,(H2,37,40)(H,39,41)/b15-14+,28-27-/t29-,30?/m0/s1. The van der Waals surface area contributed by atoms with E-state index in [1.165, 1.54) is 30.5 Å². The molecule has 5 nitrogen and oxygen atoms in total. The van der Waals surface area contributed by atoms with Gasteiger partial charge < -0.3 is 11.1 Å². The number of rotatable bonds is 11. The molecule has 2 aromatic carbocycles. The normalized spacial score (nSPS) is 15.8. The number of nitrogens with two attached hydrogens (primary N) is 1. The predicted octanol–water partition coefficient (Wildman–Crippen LogP) is 6.64. The van der Waals surface area contributed by atoms with Crippen LogP contribution in [0.25, 0.3) is 6.08 Å². The number of amides is 2. The van der Waals surface area contributed by atoms with Crippen molar-refractivity contribution in [3.63, 3.8) is 0 Å². The Morgan fingerprint density at radius 2 is 1.73 bits per heavy atom. The first-order valence-corrected chi connectivity index (χ1v) is 13.5. The largest absolute Gasteiger partial charge is 0.366 e. The van der Waals surface area contributed by atoms with E-state index in [4.69, 9.17) is 5.73 Å². The maximum absolute atomic E-state index is 14.2. The van der Waals surface area contributed by atoms with E-state index in [0.717, 1.165) is 43.4 Å². The summed E-state index contributed by atoms with van der Waals surface area (Å²) >= 11 is 0. The number of allylic oxidation sites excluding steroid dienone is 2. The van der Waals surface area contributed by atoms with Crippen LogP contribution in [0.1, 0.15) is 60.0 Å². The van der Waals surface area contributed by atoms with Crippen molar-refractivity contribution in [1.82, 2.24) is 10.3 Å². The minimum Gasteiger partial charge on any atom is -0.366 e. The van der Waals surface area contributed by atoms with Gasteiger partial charge in [-0.2, -0.15) is 0 Å². The summed E-state index contributed by atoms with van der Waals surface area (Å²) in [4.78, 5) is 30.3. The summed E-state index contributed by atoms with van der Waals surface area (Å²) in [6, 6.07) is 15.3. The Morgan fingerprint density at radius 3 is 2.37 bits per heavy atom. The van der Waals surface area contributed by atoms with Crippen molar-refractivity contribution in [3.05, 3.63) is 131 Å². The molecule has 3 aromatic rings. The maximum atomic E-state index is 14.2. The molecule has 1 unspecified atom stereocenters. The quantitative estimate of drug-likeness (QED) is 0.204. The molecule has 0 saturated heterocycles. The highest BCUT2D eigenvalue weighted by Gasteiger charge is 2.33. The summed E-state index contributed by atoms with van der Waals surface area (Å²) in [5.74, 6) is -3.84. The van der Waals surface area contributed by atoms with Crippen LogP contribution in [0.15, 0.2) is 97.0 Å². The summed E-state index contributed by atoms with van der Waals surface area (Å²) in [6.07, 6.45) is 9.03. The van der Waals surface area contributed by atoms with E-state index in [1.807, 2.05) is 30.3 Å². The lowest BCUT2D eigenvalue weighted by molar-refractivity contribution is -0.124. The van der Waals surface area contributed by atoms with Crippen LogP contribution in [0.4, 0.5) is 13.2 Å². The zero-order valence-electron chi connectivity index (χ0n) is 22.5. The Morgan fingerprint density at radius 1 is 1.05 bits per heavy atom. The van der Waals surface area contributed by atoms with E-state index >= 15 is 0 Å². The number of aromatic nitrogens is 1. The zero-order chi connectivity index (χ0) is 29.4. The molecule has 0 spiro atoms. The Balaban J connectivity index is 1.75. The highest BCUT2D eigenvalue weighted by atomic mass is 19.1. The number of pyridine rings is 1. The molecule has 8 heteroatoms. The number of nitrogens with one attached hydrogen (secondary N) is 1. The number of nitrogens with zero attached hydrogens (tertiary/aromatic N) is 1. The molecule has 4 rings (SSSR count). The SMILES string of the molecule is C=C/C(F)=C(\C=C\c1cccnc1[C@H](Cc1cc(F)cc(F)c1)NC(=O)C(c1ccccc1)C1CCCC1)C(N)=O. The highest BCUT2D eigenvalue weighted by Crippen LogP contribution is 2.38. The van der Waals surface area contributed by atoms with Crippen LogP contribution in [0.2, 0.25) is 0 Å². The molecular weight excluding hydrogens is 527 g/mol. The molecule has 3 N–H and O–H groups in total. The zero-order valence-corrected chi connectivity index (χ0v) is 22.5. The fourth-order valence-electron chi connectivity index (χ4n) is 5.46. The Labute approximate surface area is 237 Å². The van der Waals surface area contributed by atoms with E-state index in [1.54, 1.807) is 12.1 Å². The molecule has 0 bridgehead atoms. The van der Waals surface area contributed by atoms with Gasteiger partial charge in [0.15, 0.2) is 0 Å². The second kappa shape index (κ2) is 13.7. The van der Waals surface area contributed by atoms with Crippen molar-refractivity contribution in [2.45, 2.75) is 44.1 Å². The minimum absolute atomic E-state index is 0.0317. The van der Waals surface area contributed by atoms with Gasteiger partial charge in [0.25, 0.3) is 5.91 Å². The minimum atomic E-state index is -0.980. The second-order valence-corrected chi connectivity index (χ2v) is 10.1. The molecule has 2 amide bonds. The lowest BCUT2D eigenvalue weighted by Gasteiger charge is -2.27. The Hall–Kier alpha value is -4.46. The van der Waals surface area contributed by atoms with Gasteiger partial charge in [-0.3, -0.25) is 14.6 Å². The Bertz CT molecular complexity index is 1440.